The van der Waals surface area contributed by atoms with Crippen molar-refractivity contribution >= 4 is 17.4 Å². The molecule has 0 saturated heterocycles. The summed E-state index contributed by atoms with van der Waals surface area (Å²) in [6.07, 6.45) is 2.68. The molecule has 31 heavy (non-hydrogen) atoms. The first kappa shape index (κ1) is 20.7. The molecule has 0 radical (unpaired) electrons. The fourth-order valence-corrected chi connectivity index (χ4v) is 4.00. The Hall–Kier alpha value is -3.55. The molecule has 1 fully saturated rings. The summed E-state index contributed by atoms with van der Waals surface area (Å²) in [6, 6.07) is 11.8. The average Bonchev–Trinajstić information content (AvgIpc) is 2.76. The molecule has 2 heterocycles. The van der Waals surface area contributed by atoms with Crippen LogP contribution in [0, 0.1) is 5.82 Å². The molecule has 0 spiro atoms. The van der Waals surface area contributed by atoms with Gasteiger partial charge in [0.2, 0.25) is 5.91 Å². The largest absolute Gasteiger partial charge is 0.388 e. The fraction of sp³-hybridized carbons (Fsp3) is 0.261. The van der Waals surface area contributed by atoms with Gasteiger partial charge >= 0.3 is 0 Å². The lowest BCUT2D eigenvalue weighted by Gasteiger charge is -2.44. The SMILES string of the molecule is CNc1cc(C(N)=O)cc(-c2ccc(NCC3(c4ncccc4F)CC(F)C3)nc2)c1. The van der Waals surface area contributed by atoms with Crippen LogP contribution in [0.3, 0.4) is 0 Å². The van der Waals surface area contributed by atoms with Gasteiger partial charge in [-0.2, -0.15) is 0 Å². The highest BCUT2D eigenvalue weighted by atomic mass is 19.1. The molecule has 0 atom stereocenters. The first-order chi connectivity index (χ1) is 14.9. The summed E-state index contributed by atoms with van der Waals surface area (Å²) < 4.78 is 28.0. The Morgan fingerprint density at radius 3 is 2.61 bits per heavy atom. The number of halogens is 2. The molecule has 4 N–H and O–H groups in total. The second-order valence-corrected chi connectivity index (χ2v) is 7.82. The zero-order valence-electron chi connectivity index (χ0n) is 17.0. The second kappa shape index (κ2) is 8.29. The van der Waals surface area contributed by atoms with Gasteiger partial charge in [0.15, 0.2) is 0 Å². The van der Waals surface area contributed by atoms with Crippen molar-refractivity contribution in [3.05, 3.63) is 71.9 Å². The summed E-state index contributed by atoms with van der Waals surface area (Å²) in [6.45, 7) is 0.328. The van der Waals surface area contributed by atoms with Gasteiger partial charge in [-0.05, 0) is 60.9 Å². The van der Waals surface area contributed by atoms with Crippen molar-refractivity contribution < 1.29 is 13.6 Å². The van der Waals surface area contributed by atoms with Gasteiger partial charge in [-0.1, -0.05) is 0 Å². The molecule has 6 nitrogen and oxygen atoms in total. The van der Waals surface area contributed by atoms with Gasteiger partial charge < -0.3 is 16.4 Å². The molecule has 1 saturated carbocycles. The van der Waals surface area contributed by atoms with E-state index in [1.54, 1.807) is 31.4 Å². The summed E-state index contributed by atoms with van der Waals surface area (Å²) in [5.41, 5.74) is 7.79. The lowest BCUT2D eigenvalue weighted by Crippen LogP contribution is -2.49. The number of carbonyl (C=O) groups is 1. The topological polar surface area (TPSA) is 92.9 Å². The summed E-state index contributed by atoms with van der Waals surface area (Å²) in [7, 11) is 1.76. The third kappa shape index (κ3) is 4.19. The molecule has 1 aromatic carbocycles. The van der Waals surface area contributed by atoms with E-state index in [0.717, 1.165) is 16.8 Å². The predicted octanol–water partition coefficient (Wildman–Crippen LogP) is 3.91. The number of nitrogens with two attached hydrogens (primary N) is 1. The van der Waals surface area contributed by atoms with E-state index >= 15 is 0 Å². The summed E-state index contributed by atoms with van der Waals surface area (Å²) >= 11 is 0. The zero-order valence-corrected chi connectivity index (χ0v) is 17.0. The van der Waals surface area contributed by atoms with Crippen LogP contribution >= 0.6 is 0 Å². The van der Waals surface area contributed by atoms with E-state index in [1.165, 1.54) is 18.3 Å². The quantitative estimate of drug-likeness (QED) is 0.536. The molecule has 8 heteroatoms. The number of hydrogen-bond acceptors (Lipinski definition) is 5. The van der Waals surface area contributed by atoms with Crippen molar-refractivity contribution in [1.82, 2.24) is 9.97 Å². The molecule has 0 bridgehead atoms. The number of hydrogen-bond donors (Lipinski definition) is 3. The Kier molecular flexibility index (Phi) is 5.54. The predicted molar refractivity (Wildman–Crippen MR) is 116 cm³/mol. The van der Waals surface area contributed by atoms with Crippen LogP contribution in [0.25, 0.3) is 11.1 Å². The molecule has 2 aromatic heterocycles. The number of alkyl halides is 1. The van der Waals surface area contributed by atoms with Crippen molar-refractivity contribution in [2.24, 2.45) is 5.73 Å². The summed E-state index contributed by atoms with van der Waals surface area (Å²) in [4.78, 5) is 20.2. The van der Waals surface area contributed by atoms with Crippen molar-refractivity contribution in [1.29, 1.82) is 0 Å². The van der Waals surface area contributed by atoms with E-state index in [4.69, 9.17) is 5.73 Å². The summed E-state index contributed by atoms with van der Waals surface area (Å²) in [5, 5.41) is 6.20. The number of anilines is 2. The number of nitrogens with one attached hydrogen (secondary N) is 2. The van der Waals surface area contributed by atoms with Gasteiger partial charge in [0.1, 0.15) is 17.8 Å². The molecular weight excluding hydrogens is 400 g/mol. The van der Waals surface area contributed by atoms with Crippen molar-refractivity contribution in [2.75, 3.05) is 24.2 Å². The first-order valence-corrected chi connectivity index (χ1v) is 9.98. The highest BCUT2D eigenvalue weighted by Gasteiger charge is 2.48. The first-order valence-electron chi connectivity index (χ1n) is 9.98. The van der Waals surface area contributed by atoms with Crippen molar-refractivity contribution in [2.45, 2.75) is 24.4 Å². The number of rotatable bonds is 7. The number of amides is 1. The van der Waals surface area contributed by atoms with Crippen LogP contribution in [-0.4, -0.2) is 35.6 Å². The standard InChI is InChI=1S/C23H23F2N5O/c1-27-18-8-15(7-16(9-18)22(26)31)14-4-5-20(29-12-14)30-13-23(10-17(24)11-23)21-19(25)3-2-6-28-21/h2-9,12,17,27H,10-11,13H2,1H3,(H2,26,31)(H,29,30). The van der Waals surface area contributed by atoms with Gasteiger partial charge in [-0.15, -0.1) is 0 Å². The zero-order chi connectivity index (χ0) is 22.0. The van der Waals surface area contributed by atoms with E-state index < -0.39 is 23.3 Å². The highest BCUT2D eigenvalue weighted by molar-refractivity contribution is 5.95. The Balaban J connectivity index is 1.52. The number of benzene rings is 1. The van der Waals surface area contributed by atoms with Gasteiger partial charge in [0, 0.05) is 48.2 Å². The second-order valence-electron chi connectivity index (χ2n) is 7.82. The van der Waals surface area contributed by atoms with Gasteiger partial charge in [-0.25, -0.2) is 13.8 Å². The van der Waals surface area contributed by atoms with E-state index in [2.05, 4.69) is 20.6 Å². The van der Waals surface area contributed by atoms with Crippen LogP contribution in [0.15, 0.2) is 54.9 Å². The van der Waals surface area contributed by atoms with Gasteiger partial charge in [0.25, 0.3) is 0 Å². The number of nitrogens with zero attached hydrogens (tertiary/aromatic N) is 2. The third-order valence-electron chi connectivity index (χ3n) is 5.70. The molecule has 1 aliphatic carbocycles. The van der Waals surface area contributed by atoms with E-state index in [0.29, 0.717) is 17.9 Å². The van der Waals surface area contributed by atoms with Crippen LogP contribution in [-0.2, 0) is 5.41 Å². The van der Waals surface area contributed by atoms with Crippen LogP contribution < -0.4 is 16.4 Å². The van der Waals surface area contributed by atoms with Crippen LogP contribution in [0.5, 0.6) is 0 Å². The molecule has 1 amide bonds. The monoisotopic (exact) mass is 423 g/mol. The minimum atomic E-state index is -0.961. The van der Waals surface area contributed by atoms with E-state index in [1.807, 2.05) is 12.1 Å². The van der Waals surface area contributed by atoms with Crippen LogP contribution in [0.2, 0.25) is 0 Å². The third-order valence-corrected chi connectivity index (χ3v) is 5.70. The number of primary amides is 1. The molecule has 4 rings (SSSR count). The Bertz CT molecular complexity index is 1100. The average molecular weight is 423 g/mol. The van der Waals surface area contributed by atoms with Crippen LogP contribution in [0.4, 0.5) is 20.3 Å². The van der Waals surface area contributed by atoms with Gasteiger partial charge in [-0.3, -0.25) is 9.78 Å². The maximum absolute atomic E-state index is 14.3. The Morgan fingerprint density at radius 1 is 1.19 bits per heavy atom. The lowest BCUT2D eigenvalue weighted by molar-refractivity contribution is 0.0964. The fourth-order valence-electron chi connectivity index (χ4n) is 4.00. The molecule has 0 aliphatic heterocycles. The van der Waals surface area contributed by atoms with Crippen molar-refractivity contribution in [3.8, 4) is 11.1 Å². The number of carbonyl (C=O) groups excluding carboxylic acids is 1. The molecule has 0 unspecified atom stereocenters. The number of aromatic nitrogens is 2. The molecular formula is C23H23F2N5O. The molecule has 1 aliphatic rings. The lowest BCUT2D eigenvalue weighted by atomic mass is 9.65. The van der Waals surface area contributed by atoms with E-state index in [-0.39, 0.29) is 18.5 Å². The maximum Gasteiger partial charge on any atom is 0.248 e. The maximum atomic E-state index is 14.3. The molecule has 160 valence electrons. The van der Waals surface area contributed by atoms with Gasteiger partial charge in [0.05, 0.1) is 5.69 Å². The van der Waals surface area contributed by atoms with Crippen molar-refractivity contribution in [3.63, 3.8) is 0 Å². The minimum Gasteiger partial charge on any atom is -0.388 e. The minimum absolute atomic E-state index is 0.221. The Morgan fingerprint density at radius 2 is 2.00 bits per heavy atom. The summed E-state index contributed by atoms with van der Waals surface area (Å²) in [5.74, 6) is -0.348. The van der Waals surface area contributed by atoms with Crippen LogP contribution in [0.1, 0.15) is 28.9 Å². The molecule has 3 aromatic rings. The van der Waals surface area contributed by atoms with E-state index in [9.17, 15) is 13.6 Å². The highest BCUT2D eigenvalue weighted by Crippen LogP contribution is 2.45. The Labute approximate surface area is 178 Å². The number of pyridine rings is 2. The normalized spacial score (nSPS) is 20.0. The smallest absolute Gasteiger partial charge is 0.248 e.